The highest BCUT2D eigenvalue weighted by Gasteiger charge is 2.14. The lowest BCUT2D eigenvalue weighted by Gasteiger charge is -2.03. The molecule has 0 aromatic carbocycles. The SMILES string of the molecule is CCOC(=O)/C(=C\c1cc(C)cs1)CC(=O)O. The lowest BCUT2D eigenvalue weighted by atomic mass is 10.1. The summed E-state index contributed by atoms with van der Waals surface area (Å²) in [4.78, 5) is 23.1. The Balaban J connectivity index is 2.92. The van der Waals surface area contributed by atoms with E-state index in [9.17, 15) is 9.59 Å². The van der Waals surface area contributed by atoms with Gasteiger partial charge in [0, 0.05) is 10.5 Å². The highest BCUT2D eigenvalue weighted by Crippen LogP contribution is 2.19. The summed E-state index contributed by atoms with van der Waals surface area (Å²) in [7, 11) is 0. The van der Waals surface area contributed by atoms with Crippen molar-refractivity contribution in [1.82, 2.24) is 0 Å². The molecule has 17 heavy (non-hydrogen) atoms. The van der Waals surface area contributed by atoms with Gasteiger partial charge in [0.05, 0.1) is 13.0 Å². The largest absolute Gasteiger partial charge is 0.481 e. The zero-order valence-electron chi connectivity index (χ0n) is 9.73. The number of carboxylic acids is 1. The minimum absolute atomic E-state index is 0.168. The molecule has 1 heterocycles. The maximum Gasteiger partial charge on any atom is 0.334 e. The molecule has 92 valence electrons. The summed E-state index contributed by atoms with van der Waals surface area (Å²) < 4.78 is 4.82. The third-order valence-corrected chi connectivity index (χ3v) is 2.94. The molecule has 0 fully saturated rings. The van der Waals surface area contributed by atoms with Crippen molar-refractivity contribution in [3.05, 3.63) is 27.5 Å². The summed E-state index contributed by atoms with van der Waals surface area (Å²) in [6, 6.07) is 1.89. The first kappa shape index (κ1) is 13.4. The van der Waals surface area contributed by atoms with Gasteiger partial charge in [-0.05, 0) is 36.9 Å². The number of ether oxygens (including phenoxy) is 1. The van der Waals surface area contributed by atoms with Crippen LogP contribution in [0.2, 0.25) is 0 Å². The Morgan fingerprint density at radius 3 is 2.71 bits per heavy atom. The quantitative estimate of drug-likeness (QED) is 0.647. The molecule has 0 unspecified atom stereocenters. The van der Waals surface area contributed by atoms with Crippen LogP contribution in [0.4, 0.5) is 0 Å². The average Bonchev–Trinajstić information content (AvgIpc) is 2.63. The number of carbonyl (C=O) groups excluding carboxylic acids is 1. The van der Waals surface area contributed by atoms with Crippen LogP contribution in [-0.4, -0.2) is 23.7 Å². The summed E-state index contributed by atoms with van der Waals surface area (Å²) in [5.41, 5.74) is 1.25. The predicted octanol–water partition coefficient (Wildman–Crippen LogP) is 2.48. The van der Waals surface area contributed by atoms with Crippen LogP contribution in [0.3, 0.4) is 0 Å². The van der Waals surface area contributed by atoms with Gasteiger partial charge < -0.3 is 9.84 Å². The van der Waals surface area contributed by atoms with Gasteiger partial charge in [0.25, 0.3) is 0 Å². The van der Waals surface area contributed by atoms with Gasteiger partial charge in [0.2, 0.25) is 0 Å². The highest BCUT2D eigenvalue weighted by molar-refractivity contribution is 7.11. The first-order valence-electron chi connectivity index (χ1n) is 5.17. The van der Waals surface area contributed by atoms with E-state index in [1.54, 1.807) is 13.0 Å². The van der Waals surface area contributed by atoms with Gasteiger partial charge in [-0.2, -0.15) is 0 Å². The first-order valence-corrected chi connectivity index (χ1v) is 6.05. The Kier molecular flexibility index (Phi) is 4.90. The molecule has 0 aliphatic heterocycles. The van der Waals surface area contributed by atoms with E-state index in [4.69, 9.17) is 9.84 Å². The van der Waals surface area contributed by atoms with Crippen molar-refractivity contribution in [2.75, 3.05) is 6.61 Å². The second-order valence-electron chi connectivity index (χ2n) is 3.49. The minimum atomic E-state index is -1.04. The van der Waals surface area contributed by atoms with Crippen LogP contribution in [0.5, 0.6) is 0 Å². The summed E-state index contributed by atoms with van der Waals surface area (Å²) in [6.07, 6.45) is 1.25. The van der Waals surface area contributed by atoms with E-state index < -0.39 is 11.9 Å². The topological polar surface area (TPSA) is 63.6 Å². The monoisotopic (exact) mass is 254 g/mol. The van der Waals surface area contributed by atoms with E-state index in [0.29, 0.717) is 0 Å². The molecule has 5 heteroatoms. The zero-order chi connectivity index (χ0) is 12.8. The third-order valence-electron chi connectivity index (χ3n) is 1.95. The Hall–Kier alpha value is -1.62. The van der Waals surface area contributed by atoms with Gasteiger partial charge in [-0.25, -0.2) is 4.79 Å². The molecule has 0 saturated carbocycles. The van der Waals surface area contributed by atoms with Crippen molar-refractivity contribution in [3.8, 4) is 0 Å². The van der Waals surface area contributed by atoms with Crippen LogP contribution in [0.15, 0.2) is 17.0 Å². The van der Waals surface area contributed by atoms with Gasteiger partial charge in [-0.1, -0.05) is 0 Å². The van der Waals surface area contributed by atoms with E-state index in [2.05, 4.69) is 0 Å². The fourth-order valence-electron chi connectivity index (χ4n) is 1.27. The minimum Gasteiger partial charge on any atom is -0.481 e. The van der Waals surface area contributed by atoms with Crippen LogP contribution in [0.1, 0.15) is 23.8 Å². The number of carboxylic acid groups (broad SMARTS) is 1. The molecule has 0 bridgehead atoms. The third kappa shape index (κ3) is 4.40. The zero-order valence-corrected chi connectivity index (χ0v) is 10.5. The number of aryl methyl sites for hydroxylation is 1. The lowest BCUT2D eigenvalue weighted by Crippen LogP contribution is -2.11. The molecule has 0 aliphatic carbocycles. The lowest BCUT2D eigenvalue weighted by molar-refractivity contribution is -0.142. The van der Waals surface area contributed by atoms with E-state index >= 15 is 0 Å². The van der Waals surface area contributed by atoms with Crippen LogP contribution < -0.4 is 0 Å². The van der Waals surface area contributed by atoms with Crippen molar-refractivity contribution in [1.29, 1.82) is 0 Å². The van der Waals surface area contributed by atoms with Crippen molar-refractivity contribution < 1.29 is 19.4 Å². The maximum absolute atomic E-state index is 11.5. The number of hydrogen-bond donors (Lipinski definition) is 1. The molecule has 4 nitrogen and oxygen atoms in total. The number of aliphatic carboxylic acids is 1. The Morgan fingerprint density at radius 2 is 2.24 bits per heavy atom. The van der Waals surface area contributed by atoms with Crippen molar-refractivity contribution in [2.24, 2.45) is 0 Å². The Morgan fingerprint density at radius 1 is 1.53 bits per heavy atom. The normalized spacial score (nSPS) is 11.3. The Labute approximate surface area is 104 Å². The standard InChI is InChI=1S/C12H14O4S/c1-3-16-12(15)9(6-11(13)14)5-10-4-8(2)7-17-10/h4-5,7H,3,6H2,1-2H3,(H,13,14)/b9-5-. The number of carbonyl (C=O) groups is 2. The number of rotatable bonds is 5. The van der Waals surface area contributed by atoms with E-state index in [1.807, 2.05) is 18.4 Å². The second-order valence-corrected chi connectivity index (χ2v) is 4.43. The fraction of sp³-hybridized carbons (Fsp3) is 0.333. The number of hydrogen-bond acceptors (Lipinski definition) is 4. The Bertz CT molecular complexity index is 445. The van der Waals surface area contributed by atoms with Crippen LogP contribution in [-0.2, 0) is 14.3 Å². The summed E-state index contributed by atoms with van der Waals surface area (Å²) in [5, 5.41) is 10.7. The molecule has 0 amide bonds. The molecule has 0 radical (unpaired) electrons. The van der Waals surface area contributed by atoms with Crippen LogP contribution >= 0.6 is 11.3 Å². The maximum atomic E-state index is 11.5. The van der Waals surface area contributed by atoms with Crippen LogP contribution in [0.25, 0.3) is 6.08 Å². The molecule has 1 aromatic heterocycles. The molecular formula is C12H14O4S. The predicted molar refractivity (Wildman–Crippen MR) is 65.9 cm³/mol. The molecule has 0 aliphatic rings. The molecule has 0 atom stereocenters. The highest BCUT2D eigenvalue weighted by atomic mass is 32.1. The van der Waals surface area contributed by atoms with Crippen molar-refractivity contribution >= 4 is 29.4 Å². The summed E-state index contributed by atoms with van der Waals surface area (Å²) in [6.45, 7) is 3.86. The molecule has 1 rings (SSSR count). The van der Waals surface area contributed by atoms with E-state index in [-0.39, 0.29) is 18.6 Å². The van der Waals surface area contributed by atoms with Gasteiger partial charge in [-0.15, -0.1) is 11.3 Å². The first-order chi connectivity index (χ1) is 8.02. The molecule has 1 N–H and O–H groups in total. The summed E-state index contributed by atoms with van der Waals surface area (Å²) >= 11 is 1.46. The molecular weight excluding hydrogens is 240 g/mol. The van der Waals surface area contributed by atoms with Gasteiger partial charge >= 0.3 is 11.9 Å². The van der Waals surface area contributed by atoms with Crippen molar-refractivity contribution in [3.63, 3.8) is 0 Å². The molecule has 0 saturated heterocycles. The van der Waals surface area contributed by atoms with E-state index in [0.717, 1.165) is 10.4 Å². The summed E-state index contributed by atoms with van der Waals surface area (Å²) in [5.74, 6) is -1.61. The smallest absolute Gasteiger partial charge is 0.334 e. The average molecular weight is 254 g/mol. The van der Waals surface area contributed by atoms with E-state index in [1.165, 1.54) is 11.3 Å². The fourth-order valence-corrected chi connectivity index (χ4v) is 2.12. The molecule has 0 spiro atoms. The second kappa shape index (κ2) is 6.20. The van der Waals surface area contributed by atoms with Gasteiger partial charge in [0.15, 0.2) is 0 Å². The number of esters is 1. The molecule has 1 aromatic rings. The van der Waals surface area contributed by atoms with Gasteiger partial charge in [0.1, 0.15) is 0 Å². The van der Waals surface area contributed by atoms with Crippen molar-refractivity contribution in [2.45, 2.75) is 20.3 Å². The van der Waals surface area contributed by atoms with Crippen LogP contribution in [0, 0.1) is 6.92 Å². The van der Waals surface area contributed by atoms with Gasteiger partial charge in [-0.3, -0.25) is 4.79 Å². The number of thiophene rings is 1.